The topological polar surface area (TPSA) is 59.1 Å². The molecule has 0 N–H and O–H groups in total. The van der Waals surface area contributed by atoms with E-state index in [1.165, 1.54) is 4.88 Å². The summed E-state index contributed by atoms with van der Waals surface area (Å²) in [5, 5.41) is 2.07. The highest BCUT2D eigenvalue weighted by Gasteiger charge is 2.34. The van der Waals surface area contributed by atoms with E-state index in [4.69, 9.17) is 9.47 Å². The molecule has 0 saturated carbocycles. The Hall–Kier alpha value is -3.32. The van der Waals surface area contributed by atoms with Crippen molar-refractivity contribution in [1.82, 2.24) is 9.80 Å². The van der Waals surface area contributed by atoms with Crippen molar-refractivity contribution in [3.63, 3.8) is 0 Å². The lowest BCUT2D eigenvalue weighted by Crippen LogP contribution is -2.49. The summed E-state index contributed by atoms with van der Waals surface area (Å²) in [4.78, 5) is 31.5. The third kappa shape index (κ3) is 5.25. The predicted octanol–water partition coefficient (Wildman–Crippen LogP) is 4.81. The standard InChI is InChI=1S/C27H30N2O4S/c1-19(2)29(27(31)20-8-5-4-6-9-20)17-26(30)28-14-12-25-23(13-15-34-25)24(28)18-33-22-11-7-10-21(16-22)32-3/h4-11,13,15-16,19,24H,12,14,17-18H2,1-3H3. The molecule has 1 unspecified atom stereocenters. The molecule has 2 heterocycles. The summed E-state index contributed by atoms with van der Waals surface area (Å²) < 4.78 is 11.4. The molecule has 2 aromatic carbocycles. The molecule has 0 saturated heterocycles. The molecule has 34 heavy (non-hydrogen) atoms. The molecule has 178 valence electrons. The zero-order valence-corrected chi connectivity index (χ0v) is 20.6. The molecule has 1 aromatic heterocycles. The lowest BCUT2D eigenvalue weighted by molar-refractivity contribution is -0.136. The number of nitrogens with zero attached hydrogens (tertiary/aromatic N) is 2. The monoisotopic (exact) mass is 478 g/mol. The van der Waals surface area contributed by atoms with Crippen LogP contribution >= 0.6 is 11.3 Å². The van der Waals surface area contributed by atoms with Crippen molar-refractivity contribution in [3.05, 3.63) is 82.0 Å². The fourth-order valence-corrected chi connectivity index (χ4v) is 5.14. The Morgan fingerprint density at radius 2 is 1.85 bits per heavy atom. The molecule has 7 heteroatoms. The number of methoxy groups -OCH3 is 1. The number of rotatable bonds is 8. The van der Waals surface area contributed by atoms with Gasteiger partial charge in [-0.05, 0) is 61.5 Å². The van der Waals surface area contributed by atoms with Crippen LogP contribution in [0.3, 0.4) is 0 Å². The summed E-state index contributed by atoms with van der Waals surface area (Å²) >= 11 is 1.71. The Labute approximate surface area is 204 Å². The zero-order valence-electron chi connectivity index (χ0n) is 19.8. The van der Waals surface area contributed by atoms with Gasteiger partial charge in [0.15, 0.2) is 0 Å². The second-order valence-corrected chi connectivity index (χ2v) is 9.54. The second-order valence-electron chi connectivity index (χ2n) is 8.53. The van der Waals surface area contributed by atoms with Crippen LogP contribution in [0.4, 0.5) is 0 Å². The molecule has 0 radical (unpaired) electrons. The van der Waals surface area contributed by atoms with Crippen LogP contribution in [0, 0.1) is 0 Å². The number of hydrogen-bond acceptors (Lipinski definition) is 5. The zero-order chi connectivity index (χ0) is 24.1. The van der Waals surface area contributed by atoms with Gasteiger partial charge in [0.05, 0.1) is 13.2 Å². The fraction of sp³-hybridized carbons (Fsp3) is 0.333. The first kappa shape index (κ1) is 23.8. The molecule has 0 fully saturated rings. The third-order valence-corrected chi connectivity index (χ3v) is 7.07. The van der Waals surface area contributed by atoms with E-state index in [9.17, 15) is 9.59 Å². The molecule has 4 rings (SSSR count). The van der Waals surface area contributed by atoms with Crippen molar-refractivity contribution >= 4 is 23.2 Å². The Kier molecular flexibility index (Phi) is 7.53. The van der Waals surface area contributed by atoms with Crippen LogP contribution in [-0.4, -0.2) is 54.5 Å². The van der Waals surface area contributed by atoms with E-state index >= 15 is 0 Å². The largest absolute Gasteiger partial charge is 0.497 e. The van der Waals surface area contributed by atoms with Crippen molar-refractivity contribution in [2.75, 3.05) is 26.8 Å². The van der Waals surface area contributed by atoms with Crippen molar-refractivity contribution in [2.45, 2.75) is 32.4 Å². The molecular formula is C27H30N2O4S. The lowest BCUT2D eigenvalue weighted by Gasteiger charge is -2.37. The maximum Gasteiger partial charge on any atom is 0.254 e. The summed E-state index contributed by atoms with van der Waals surface area (Å²) in [6.45, 7) is 4.83. The lowest BCUT2D eigenvalue weighted by atomic mass is 10.00. The number of carbonyl (C=O) groups excluding carboxylic acids is 2. The number of ether oxygens (including phenoxy) is 2. The number of amides is 2. The molecule has 1 aliphatic heterocycles. The minimum absolute atomic E-state index is 0.0283. The van der Waals surface area contributed by atoms with Gasteiger partial charge < -0.3 is 19.3 Å². The highest BCUT2D eigenvalue weighted by Crippen LogP contribution is 2.34. The molecule has 6 nitrogen and oxygen atoms in total. The van der Waals surface area contributed by atoms with E-state index in [0.29, 0.717) is 24.5 Å². The molecule has 1 atom stereocenters. The molecule has 2 amide bonds. The second kappa shape index (κ2) is 10.7. The van der Waals surface area contributed by atoms with Crippen LogP contribution in [0.15, 0.2) is 66.0 Å². The normalized spacial score (nSPS) is 15.1. The number of benzene rings is 2. The van der Waals surface area contributed by atoms with E-state index in [2.05, 4.69) is 11.4 Å². The summed E-state index contributed by atoms with van der Waals surface area (Å²) in [7, 11) is 1.62. The molecule has 1 aliphatic rings. The highest BCUT2D eigenvalue weighted by atomic mass is 32.1. The highest BCUT2D eigenvalue weighted by molar-refractivity contribution is 7.10. The minimum atomic E-state index is -0.213. The average Bonchev–Trinajstić information content (AvgIpc) is 3.35. The van der Waals surface area contributed by atoms with Crippen molar-refractivity contribution in [2.24, 2.45) is 0 Å². The van der Waals surface area contributed by atoms with Gasteiger partial charge in [0, 0.05) is 29.1 Å². The number of fused-ring (bicyclic) bond motifs is 1. The van der Waals surface area contributed by atoms with Crippen molar-refractivity contribution in [1.29, 1.82) is 0 Å². The van der Waals surface area contributed by atoms with Gasteiger partial charge in [-0.15, -0.1) is 11.3 Å². The van der Waals surface area contributed by atoms with Gasteiger partial charge in [0.1, 0.15) is 24.7 Å². The van der Waals surface area contributed by atoms with Crippen LogP contribution in [0.25, 0.3) is 0 Å². The number of carbonyl (C=O) groups is 2. The van der Waals surface area contributed by atoms with Crippen molar-refractivity contribution in [3.8, 4) is 11.5 Å². The Bertz CT molecular complexity index is 1130. The average molecular weight is 479 g/mol. The van der Waals surface area contributed by atoms with Gasteiger partial charge in [-0.25, -0.2) is 0 Å². The molecule has 0 aliphatic carbocycles. The molecule has 0 bridgehead atoms. The van der Waals surface area contributed by atoms with E-state index in [-0.39, 0.29) is 30.4 Å². The van der Waals surface area contributed by atoms with Gasteiger partial charge in [0.25, 0.3) is 5.91 Å². The van der Waals surface area contributed by atoms with Crippen LogP contribution < -0.4 is 9.47 Å². The smallest absolute Gasteiger partial charge is 0.254 e. The first-order chi connectivity index (χ1) is 16.5. The fourth-order valence-electron chi connectivity index (χ4n) is 4.21. The summed E-state index contributed by atoms with van der Waals surface area (Å²) in [5.41, 5.74) is 1.71. The van der Waals surface area contributed by atoms with Crippen LogP contribution in [0.1, 0.15) is 40.7 Å². The maximum atomic E-state index is 13.6. The Morgan fingerprint density at radius 1 is 1.09 bits per heavy atom. The Morgan fingerprint density at radius 3 is 2.59 bits per heavy atom. The third-order valence-electron chi connectivity index (χ3n) is 6.07. The Balaban J connectivity index is 1.53. The van der Waals surface area contributed by atoms with Crippen LogP contribution in [0.2, 0.25) is 0 Å². The van der Waals surface area contributed by atoms with E-state index in [1.807, 2.05) is 61.2 Å². The summed E-state index contributed by atoms with van der Waals surface area (Å²) in [6.07, 6.45) is 0.808. The van der Waals surface area contributed by atoms with Gasteiger partial charge in [-0.1, -0.05) is 24.3 Å². The minimum Gasteiger partial charge on any atom is -0.497 e. The predicted molar refractivity (Wildman–Crippen MR) is 134 cm³/mol. The molecular weight excluding hydrogens is 448 g/mol. The van der Waals surface area contributed by atoms with Gasteiger partial charge in [-0.2, -0.15) is 0 Å². The van der Waals surface area contributed by atoms with Crippen LogP contribution in [-0.2, 0) is 11.2 Å². The van der Waals surface area contributed by atoms with E-state index < -0.39 is 0 Å². The molecule has 0 spiro atoms. The van der Waals surface area contributed by atoms with E-state index in [0.717, 1.165) is 17.7 Å². The first-order valence-electron chi connectivity index (χ1n) is 11.5. The van der Waals surface area contributed by atoms with Crippen molar-refractivity contribution < 1.29 is 19.1 Å². The number of thiophene rings is 1. The van der Waals surface area contributed by atoms with Gasteiger partial charge in [-0.3, -0.25) is 9.59 Å². The maximum absolute atomic E-state index is 13.6. The van der Waals surface area contributed by atoms with Gasteiger partial charge in [0.2, 0.25) is 5.91 Å². The summed E-state index contributed by atoms with van der Waals surface area (Å²) in [6, 6.07) is 18.3. The summed E-state index contributed by atoms with van der Waals surface area (Å²) in [5.74, 6) is 1.20. The van der Waals surface area contributed by atoms with Gasteiger partial charge >= 0.3 is 0 Å². The quantitative estimate of drug-likeness (QED) is 0.466. The molecule has 3 aromatic rings. The van der Waals surface area contributed by atoms with Crippen LogP contribution in [0.5, 0.6) is 11.5 Å². The first-order valence-corrected chi connectivity index (χ1v) is 12.3. The SMILES string of the molecule is COc1cccc(OCC2c3ccsc3CCN2C(=O)CN(C(=O)c2ccccc2)C(C)C)c1. The number of hydrogen-bond donors (Lipinski definition) is 0. The van der Waals surface area contributed by atoms with E-state index in [1.54, 1.807) is 35.5 Å².